The summed E-state index contributed by atoms with van der Waals surface area (Å²) in [7, 11) is 0. The Hall–Kier alpha value is -3.06. The second-order valence-electron chi connectivity index (χ2n) is 7.41. The van der Waals surface area contributed by atoms with Crippen molar-refractivity contribution >= 4 is 28.3 Å². The lowest BCUT2D eigenvalue weighted by Crippen LogP contribution is -2.28. The second kappa shape index (κ2) is 7.75. The SMILES string of the molecule is CC(C)N=c1ccccn1C(=O)c1cc(-c2cccs2)nc2c1cnn2C(C)C. The molecule has 4 aromatic heterocycles. The molecule has 0 aliphatic heterocycles. The minimum Gasteiger partial charge on any atom is -0.268 e. The van der Waals surface area contributed by atoms with Crippen molar-refractivity contribution in [2.75, 3.05) is 0 Å². The zero-order chi connectivity index (χ0) is 20.5. The summed E-state index contributed by atoms with van der Waals surface area (Å²) >= 11 is 1.60. The maximum atomic E-state index is 13.6. The molecule has 0 saturated heterocycles. The molecule has 4 rings (SSSR count). The third kappa shape index (κ3) is 3.65. The van der Waals surface area contributed by atoms with Gasteiger partial charge in [-0.2, -0.15) is 5.10 Å². The average molecular weight is 406 g/mol. The lowest BCUT2D eigenvalue weighted by molar-refractivity contribution is 0.0956. The molecule has 0 atom stereocenters. The highest BCUT2D eigenvalue weighted by Gasteiger charge is 2.20. The van der Waals surface area contributed by atoms with Crippen molar-refractivity contribution in [3.05, 3.63) is 65.2 Å². The summed E-state index contributed by atoms with van der Waals surface area (Å²) in [5.41, 5.74) is 2.69. The van der Waals surface area contributed by atoms with Crippen molar-refractivity contribution in [1.82, 2.24) is 19.3 Å². The van der Waals surface area contributed by atoms with Crippen molar-refractivity contribution in [3.63, 3.8) is 0 Å². The van der Waals surface area contributed by atoms with Crippen LogP contribution in [0.3, 0.4) is 0 Å². The van der Waals surface area contributed by atoms with E-state index in [1.807, 2.05) is 60.3 Å². The van der Waals surface area contributed by atoms with Gasteiger partial charge in [0, 0.05) is 18.3 Å². The molecule has 0 saturated carbocycles. The Kier molecular flexibility index (Phi) is 5.15. The normalized spacial score (nSPS) is 12.4. The minimum atomic E-state index is -0.140. The highest BCUT2D eigenvalue weighted by molar-refractivity contribution is 7.13. The standard InChI is InChI=1S/C22H23N5OS/c1-14(2)24-20-9-5-6-10-26(20)22(28)16-12-18(19-8-7-11-29-19)25-21-17(16)13-23-27(21)15(3)4/h5-15H,1-4H3. The van der Waals surface area contributed by atoms with E-state index in [0.29, 0.717) is 16.7 Å². The first-order chi connectivity index (χ1) is 14.0. The molecule has 0 radical (unpaired) electrons. The summed E-state index contributed by atoms with van der Waals surface area (Å²) in [6.45, 7) is 8.10. The number of nitrogens with zero attached hydrogens (tertiary/aromatic N) is 5. The first kappa shape index (κ1) is 19.3. The van der Waals surface area contributed by atoms with Crippen molar-refractivity contribution in [2.45, 2.75) is 39.8 Å². The molecular formula is C22H23N5OS. The number of carbonyl (C=O) groups excluding carboxylic acids is 1. The fourth-order valence-corrected chi connectivity index (χ4v) is 3.91. The highest BCUT2D eigenvalue weighted by Crippen LogP contribution is 2.29. The van der Waals surface area contributed by atoms with Gasteiger partial charge in [0.05, 0.1) is 27.7 Å². The molecule has 29 heavy (non-hydrogen) atoms. The topological polar surface area (TPSA) is 65.1 Å². The number of carbonyl (C=O) groups is 1. The van der Waals surface area contributed by atoms with E-state index in [1.54, 1.807) is 28.3 Å². The molecular weight excluding hydrogens is 382 g/mol. The monoisotopic (exact) mass is 405 g/mol. The summed E-state index contributed by atoms with van der Waals surface area (Å²) in [5, 5.41) is 7.25. The van der Waals surface area contributed by atoms with Crippen LogP contribution in [0.4, 0.5) is 0 Å². The lowest BCUT2D eigenvalue weighted by Gasteiger charge is -2.11. The fraction of sp³-hybridized carbons (Fsp3) is 0.273. The molecule has 0 N–H and O–H groups in total. The molecule has 4 heterocycles. The summed E-state index contributed by atoms with van der Waals surface area (Å²) in [5.74, 6) is -0.140. The van der Waals surface area contributed by atoms with Crippen LogP contribution in [-0.2, 0) is 0 Å². The first-order valence-electron chi connectivity index (χ1n) is 9.64. The molecule has 0 amide bonds. The average Bonchev–Trinajstić information content (AvgIpc) is 3.36. The molecule has 4 aromatic rings. The second-order valence-corrected chi connectivity index (χ2v) is 8.36. The van der Waals surface area contributed by atoms with E-state index >= 15 is 0 Å². The van der Waals surface area contributed by atoms with E-state index in [1.165, 1.54) is 0 Å². The van der Waals surface area contributed by atoms with Gasteiger partial charge in [-0.25, -0.2) is 9.67 Å². The predicted molar refractivity (Wildman–Crippen MR) is 116 cm³/mol. The van der Waals surface area contributed by atoms with Crippen LogP contribution < -0.4 is 5.49 Å². The molecule has 0 aliphatic rings. The quantitative estimate of drug-likeness (QED) is 0.501. The van der Waals surface area contributed by atoms with Crippen molar-refractivity contribution in [1.29, 1.82) is 0 Å². The van der Waals surface area contributed by atoms with Crippen molar-refractivity contribution in [2.24, 2.45) is 4.99 Å². The van der Waals surface area contributed by atoms with Crippen molar-refractivity contribution < 1.29 is 4.79 Å². The summed E-state index contributed by atoms with van der Waals surface area (Å²) in [6.07, 6.45) is 3.49. The van der Waals surface area contributed by atoms with E-state index in [9.17, 15) is 4.79 Å². The largest absolute Gasteiger partial charge is 0.268 e. The van der Waals surface area contributed by atoms with Crippen LogP contribution in [0, 0.1) is 0 Å². The summed E-state index contributed by atoms with van der Waals surface area (Å²) in [4.78, 5) is 24.1. The van der Waals surface area contributed by atoms with Crippen LogP contribution >= 0.6 is 11.3 Å². The van der Waals surface area contributed by atoms with Gasteiger partial charge in [-0.1, -0.05) is 12.1 Å². The van der Waals surface area contributed by atoms with Gasteiger partial charge in [0.2, 0.25) is 0 Å². The van der Waals surface area contributed by atoms with Gasteiger partial charge in [0.25, 0.3) is 5.91 Å². The Morgan fingerprint density at radius 1 is 1.14 bits per heavy atom. The van der Waals surface area contributed by atoms with E-state index < -0.39 is 0 Å². The van der Waals surface area contributed by atoms with Gasteiger partial charge >= 0.3 is 0 Å². The lowest BCUT2D eigenvalue weighted by atomic mass is 10.1. The van der Waals surface area contributed by atoms with Gasteiger partial charge in [0.15, 0.2) is 5.65 Å². The number of hydrogen-bond donors (Lipinski definition) is 0. The van der Waals surface area contributed by atoms with Gasteiger partial charge < -0.3 is 0 Å². The zero-order valence-corrected chi connectivity index (χ0v) is 17.7. The van der Waals surface area contributed by atoms with E-state index in [2.05, 4.69) is 23.9 Å². The summed E-state index contributed by atoms with van der Waals surface area (Å²) < 4.78 is 3.46. The molecule has 6 nitrogen and oxygen atoms in total. The van der Waals surface area contributed by atoms with Crippen LogP contribution in [0.5, 0.6) is 0 Å². The molecule has 0 unspecified atom stereocenters. The maximum Gasteiger partial charge on any atom is 0.264 e. The molecule has 0 spiro atoms. The Labute approximate surface area is 173 Å². The number of aromatic nitrogens is 4. The minimum absolute atomic E-state index is 0.0827. The van der Waals surface area contributed by atoms with E-state index in [-0.39, 0.29) is 18.0 Å². The van der Waals surface area contributed by atoms with E-state index in [4.69, 9.17) is 4.98 Å². The van der Waals surface area contributed by atoms with Crippen LogP contribution in [0.25, 0.3) is 21.6 Å². The number of thiophene rings is 1. The summed E-state index contributed by atoms with van der Waals surface area (Å²) in [6, 6.07) is 11.7. The zero-order valence-electron chi connectivity index (χ0n) is 16.9. The van der Waals surface area contributed by atoms with E-state index in [0.717, 1.165) is 16.0 Å². The molecule has 0 aromatic carbocycles. The number of rotatable bonds is 4. The first-order valence-corrected chi connectivity index (χ1v) is 10.5. The fourth-order valence-electron chi connectivity index (χ4n) is 3.23. The van der Waals surface area contributed by atoms with Gasteiger partial charge in [-0.3, -0.25) is 14.4 Å². The predicted octanol–water partition coefficient (Wildman–Crippen LogP) is 4.54. The van der Waals surface area contributed by atoms with Crippen LogP contribution in [0.1, 0.15) is 44.1 Å². The molecule has 148 valence electrons. The van der Waals surface area contributed by atoms with Gasteiger partial charge in [-0.05, 0) is 57.3 Å². The third-order valence-electron chi connectivity index (χ3n) is 4.51. The molecule has 0 fully saturated rings. The highest BCUT2D eigenvalue weighted by atomic mass is 32.1. The van der Waals surface area contributed by atoms with Crippen LogP contribution in [0.2, 0.25) is 0 Å². The Morgan fingerprint density at radius 2 is 1.97 bits per heavy atom. The Balaban J connectivity index is 1.98. The number of hydrogen-bond acceptors (Lipinski definition) is 5. The van der Waals surface area contributed by atoms with Gasteiger partial charge in [0.1, 0.15) is 5.49 Å². The molecule has 0 bridgehead atoms. The van der Waals surface area contributed by atoms with Crippen molar-refractivity contribution in [3.8, 4) is 10.6 Å². The number of fused-ring (bicyclic) bond motifs is 1. The molecule has 0 aliphatic carbocycles. The smallest absolute Gasteiger partial charge is 0.264 e. The third-order valence-corrected chi connectivity index (χ3v) is 5.40. The van der Waals surface area contributed by atoms with Crippen LogP contribution in [-0.4, -0.2) is 31.3 Å². The van der Waals surface area contributed by atoms with Crippen LogP contribution in [0.15, 0.2) is 59.2 Å². The molecule has 7 heteroatoms. The Bertz CT molecular complexity index is 1230. The van der Waals surface area contributed by atoms with Gasteiger partial charge in [-0.15, -0.1) is 11.3 Å². The maximum absolute atomic E-state index is 13.6. The Morgan fingerprint density at radius 3 is 2.66 bits per heavy atom. The number of pyridine rings is 2.